The second-order valence-corrected chi connectivity index (χ2v) is 11.7. The van der Waals surface area contributed by atoms with E-state index in [2.05, 4.69) is 68.2 Å². The van der Waals surface area contributed by atoms with Crippen molar-refractivity contribution in [3.05, 3.63) is 138 Å². The lowest BCUT2D eigenvalue weighted by Crippen LogP contribution is -2.45. The zero-order chi connectivity index (χ0) is 35.7. The van der Waals surface area contributed by atoms with Gasteiger partial charge in [0, 0.05) is 16.9 Å². The van der Waals surface area contributed by atoms with Crippen LogP contribution in [-0.2, 0) is 9.53 Å². The van der Waals surface area contributed by atoms with E-state index in [9.17, 15) is 14.7 Å². The number of benzene rings is 4. The molecule has 2 amide bonds. The monoisotopic (exact) mass is 685 g/mol. The molecule has 0 aliphatic carbocycles. The molecule has 0 radical (unpaired) electrons. The van der Waals surface area contributed by atoms with E-state index >= 15 is 0 Å². The summed E-state index contributed by atoms with van der Waals surface area (Å²) in [6, 6.07) is 36.4. The minimum Gasteiger partial charge on any atom is -0.490 e. The molecule has 1 aliphatic heterocycles. The van der Waals surface area contributed by atoms with Gasteiger partial charge in [0.2, 0.25) is 0 Å². The number of esters is 1. The number of hydrazone groups is 1. The highest BCUT2D eigenvalue weighted by atomic mass is 16.5. The van der Waals surface area contributed by atoms with Crippen LogP contribution in [0.1, 0.15) is 31.0 Å². The number of hydrogen-bond donors (Lipinski definition) is 4. The van der Waals surface area contributed by atoms with Gasteiger partial charge in [-0.3, -0.25) is 5.43 Å². The predicted octanol–water partition coefficient (Wildman–Crippen LogP) is 6.33. The molecule has 11 nitrogen and oxygen atoms in total. The number of hydrogen-bond acceptors (Lipinski definition) is 8. The molecule has 0 spiro atoms. The van der Waals surface area contributed by atoms with Crippen LogP contribution in [0.3, 0.4) is 0 Å². The van der Waals surface area contributed by atoms with Gasteiger partial charge in [0.15, 0.2) is 17.7 Å². The third kappa shape index (κ3) is 7.79. The van der Waals surface area contributed by atoms with Gasteiger partial charge in [-0.2, -0.15) is 5.10 Å². The molecule has 11 heteroatoms. The van der Waals surface area contributed by atoms with Crippen LogP contribution in [0.2, 0.25) is 0 Å². The highest BCUT2D eigenvalue weighted by Crippen LogP contribution is 2.36. The lowest BCUT2D eigenvalue weighted by molar-refractivity contribution is -0.136. The van der Waals surface area contributed by atoms with Crippen molar-refractivity contribution in [3.8, 4) is 39.7 Å². The number of carbonyl (C=O) groups excluding carboxylic acids is 2. The lowest BCUT2D eigenvalue weighted by Gasteiger charge is -2.28. The van der Waals surface area contributed by atoms with Gasteiger partial charge in [-0.15, -0.1) is 0 Å². The van der Waals surface area contributed by atoms with Crippen LogP contribution in [-0.4, -0.2) is 54.4 Å². The van der Waals surface area contributed by atoms with Crippen molar-refractivity contribution < 1.29 is 28.9 Å². The smallest absolute Gasteiger partial charge is 0.337 e. The fourth-order valence-corrected chi connectivity index (χ4v) is 6.00. The summed E-state index contributed by atoms with van der Waals surface area (Å²) >= 11 is 0. The number of rotatable bonds is 13. The molecular formula is C40H39N5O6. The Morgan fingerprint density at radius 1 is 0.922 bits per heavy atom. The molecule has 0 fully saturated rings. The summed E-state index contributed by atoms with van der Waals surface area (Å²) in [5.74, 6) is 0.176. The van der Waals surface area contributed by atoms with E-state index in [0.717, 1.165) is 33.8 Å². The van der Waals surface area contributed by atoms with Crippen LogP contribution in [0.25, 0.3) is 28.2 Å². The number of aliphatic hydroxyl groups excluding tert-OH is 1. The van der Waals surface area contributed by atoms with Crippen molar-refractivity contribution in [1.82, 2.24) is 20.6 Å². The summed E-state index contributed by atoms with van der Waals surface area (Å²) in [5.41, 5.74) is 9.88. The van der Waals surface area contributed by atoms with Gasteiger partial charge in [-0.05, 0) is 60.9 Å². The Labute approximate surface area is 296 Å². The molecule has 260 valence electrons. The van der Waals surface area contributed by atoms with Gasteiger partial charge in [-0.1, -0.05) is 84.9 Å². The Hall–Kier alpha value is -6.33. The van der Waals surface area contributed by atoms with E-state index in [1.807, 2.05) is 61.5 Å². The molecule has 2 heterocycles. The van der Waals surface area contributed by atoms with Gasteiger partial charge in [0.25, 0.3) is 0 Å². The number of ether oxygens (including phenoxy) is 3. The number of urea groups is 1. The predicted molar refractivity (Wildman–Crippen MR) is 196 cm³/mol. The number of para-hydroxylation sites is 1. The fraction of sp³-hybridized carbons (Fsp3) is 0.175. The van der Waals surface area contributed by atoms with E-state index in [4.69, 9.17) is 14.2 Å². The average molecular weight is 686 g/mol. The van der Waals surface area contributed by atoms with Gasteiger partial charge >= 0.3 is 12.0 Å². The van der Waals surface area contributed by atoms with Crippen LogP contribution in [0, 0.1) is 0 Å². The van der Waals surface area contributed by atoms with Gasteiger partial charge < -0.3 is 34.5 Å². The standard InChI is InChI=1S/C40H39N5O6/c1-4-50-34-23-29(37-36(39(47)49-3)26(2)42-40(48)43-37)20-21-33(34)51-25-35(46)44-41-24-30-22-32(27-14-8-5-9-15-27)45(31-18-12-7-13-19-31)38(30)28-16-10-6-11-17-28/h5-24,35,37,44,46H,4,25H2,1-3H3,(H2,42,43,48)/b41-24+/t35-,37-/m1/s1. The van der Waals surface area contributed by atoms with E-state index in [1.54, 1.807) is 31.3 Å². The van der Waals surface area contributed by atoms with Crippen LogP contribution in [0.15, 0.2) is 132 Å². The molecule has 6 rings (SSSR count). The fourth-order valence-electron chi connectivity index (χ4n) is 6.00. The van der Waals surface area contributed by atoms with Crippen molar-refractivity contribution in [2.24, 2.45) is 5.10 Å². The normalized spacial score (nSPS) is 14.8. The molecule has 1 aromatic heterocycles. The third-order valence-electron chi connectivity index (χ3n) is 8.26. The minimum atomic E-state index is -1.17. The molecule has 1 aliphatic rings. The topological polar surface area (TPSA) is 135 Å². The summed E-state index contributed by atoms with van der Waals surface area (Å²) in [5, 5.41) is 20.6. The first-order valence-electron chi connectivity index (χ1n) is 16.5. The maximum absolute atomic E-state index is 12.6. The molecule has 2 atom stereocenters. The highest BCUT2D eigenvalue weighted by Gasteiger charge is 2.32. The number of aliphatic hydroxyl groups is 1. The first-order chi connectivity index (χ1) is 24.9. The number of nitrogens with zero attached hydrogens (tertiary/aromatic N) is 2. The molecule has 0 saturated carbocycles. The van der Waals surface area contributed by atoms with E-state index < -0.39 is 24.3 Å². The summed E-state index contributed by atoms with van der Waals surface area (Å²) in [6.45, 7) is 3.65. The molecule has 4 N–H and O–H groups in total. The SMILES string of the molecule is CCOc1cc([C@H]2NC(=O)NC(C)=C2C(=O)OC)ccc1OC[C@@H](O)N/N=C/c1cc(-c2ccccc2)n(-c2ccccc2)c1-c1ccccc1. The number of allylic oxidation sites excluding steroid dienone is 1. The zero-order valence-corrected chi connectivity index (χ0v) is 28.5. The summed E-state index contributed by atoms with van der Waals surface area (Å²) < 4.78 is 19.0. The van der Waals surface area contributed by atoms with E-state index in [-0.39, 0.29) is 12.2 Å². The van der Waals surface area contributed by atoms with E-state index in [1.165, 1.54) is 7.11 Å². The molecular weight excluding hydrogens is 646 g/mol. The Morgan fingerprint density at radius 3 is 2.25 bits per heavy atom. The first-order valence-corrected chi connectivity index (χ1v) is 16.5. The summed E-state index contributed by atoms with van der Waals surface area (Å²) in [6.07, 6.45) is 0.528. The van der Waals surface area contributed by atoms with Crippen LogP contribution in [0.5, 0.6) is 11.5 Å². The van der Waals surface area contributed by atoms with Crippen LogP contribution < -0.4 is 25.5 Å². The van der Waals surface area contributed by atoms with Gasteiger partial charge in [-0.25, -0.2) is 9.59 Å². The highest BCUT2D eigenvalue weighted by molar-refractivity contribution is 5.95. The number of amides is 2. The van der Waals surface area contributed by atoms with E-state index in [0.29, 0.717) is 29.4 Å². The summed E-state index contributed by atoms with van der Waals surface area (Å²) in [7, 11) is 1.28. The maximum Gasteiger partial charge on any atom is 0.337 e. The molecule has 4 aromatic carbocycles. The van der Waals surface area contributed by atoms with Crippen LogP contribution >= 0.6 is 0 Å². The Kier molecular flexibility index (Phi) is 10.8. The van der Waals surface area contributed by atoms with Crippen molar-refractivity contribution in [2.75, 3.05) is 20.3 Å². The Balaban J connectivity index is 1.23. The van der Waals surface area contributed by atoms with Crippen molar-refractivity contribution >= 4 is 18.2 Å². The summed E-state index contributed by atoms with van der Waals surface area (Å²) in [4.78, 5) is 24.8. The third-order valence-corrected chi connectivity index (χ3v) is 8.26. The van der Waals surface area contributed by atoms with Crippen molar-refractivity contribution in [2.45, 2.75) is 26.1 Å². The molecule has 51 heavy (non-hydrogen) atoms. The second kappa shape index (κ2) is 15.9. The molecule has 5 aromatic rings. The largest absolute Gasteiger partial charge is 0.490 e. The second-order valence-electron chi connectivity index (χ2n) is 11.7. The number of methoxy groups -OCH3 is 1. The number of aromatic nitrogens is 1. The van der Waals surface area contributed by atoms with Crippen molar-refractivity contribution in [1.29, 1.82) is 0 Å². The number of nitrogens with one attached hydrogen (secondary N) is 3. The van der Waals surface area contributed by atoms with Gasteiger partial charge in [0.1, 0.15) is 6.61 Å². The van der Waals surface area contributed by atoms with Gasteiger partial charge in [0.05, 0.1) is 42.9 Å². The number of carbonyl (C=O) groups is 2. The quantitative estimate of drug-likeness (QED) is 0.0492. The zero-order valence-electron chi connectivity index (χ0n) is 28.5. The Bertz CT molecular complexity index is 2040. The Morgan fingerprint density at radius 2 is 1.59 bits per heavy atom. The molecule has 0 saturated heterocycles. The molecule has 0 unspecified atom stereocenters. The average Bonchev–Trinajstić information content (AvgIpc) is 3.54. The maximum atomic E-state index is 12.6. The molecule has 0 bridgehead atoms. The van der Waals surface area contributed by atoms with Crippen LogP contribution in [0.4, 0.5) is 4.79 Å². The van der Waals surface area contributed by atoms with Crippen molar-refractivity contribution in [3.63, 3.8) is 0 Å². The first kappa shape index (κ1) is 34.5. The lowest BCUT2D eigenvalue weighted by atomic mass is 9.95. The minimum absolute atomic E-state index is 0.154.